The number of nitrogens with two attached hydrogens (primary N) is 1. The summed E-state index contributed by atoms with van der Waals surface area (Å²) in [7, 11) is 0. The Morgan fingerprint density at radius 1 is 1.05 bits per heavy atom. The van der Waals surface area contributed by atoms with Gasteiger partial charge >= 0.3 is 204 Å². The molecule has 0 bridgehead atoms. The van der Waals surface area contributed by atoms with E-state index in [1.54, 1.807) is 6.07 Å². The zero-order chi connectivity index (χ0) is 28.8. The number of nitrogens with zero attached hydrogens (tertiary/aromatic N) is 4. The van der Waals surface area contributed by atoms with Crippen molar-refractivity contribution in [2.45, 2.75) is 82.7 Å². The summed E-state index contributed by atoms with van der Waals surface area (Å²) in [6, 6.07) is 11.5. The van der Waals surface area contributed by atoms with Gasteiger partial charge in [-0.25, -0.2) is 0 Å². The first-order valence-corrected chi connectivity index (χ1v) is 24.0. The zero-order valence-electron chi connectivity index (χ0n) is 24.3. The van der Waals surface area contributed by atoms with Crippen molar-refractivity contribution >= 4 is 30.4 Å². The maximum absolute atomic E-state index is 14.2. The normalized spacial score (nSPS) is 18.6. The summed E-state index contributed by atoms with van der Waals surface area (Å²) in [4.78, 5) is 19.2. The molecule has 1 radical (unpaired) electrons. The van der Waals surface area contributed by atoms with Gasteiger partial charge in [0.15, 0.2) is 0 Å². The second-order valence-corrected chi connectivity index (χ2v) is 27.0. The number of ether oxygens (including phenoxy) is 1. The van der Waals surface area contributed by atoms with E-state index < -0.39 is 30.8 Å². The Labute approximate surface area is 241 Å². The fourth-order valence-electron chi connectivity index (χ4n) is 5.96. The molecule has 1 aliphatic carbocycles. The molecule has 2 fully saturated rings. The molecular weight excluding hydrogens is 625 g/mol. The average molecular weight is 671 g/mol. The summed E-state index contributed by atoms with van der Waals surface area (Å²) in [5.41, 5.74) is 7.27. The Hall–Kier alpha value is -1.57. The number of rotatable bonds is 11. The molecule has 1 unspecified atom stereocenters. The third-order valence-corrected chi connectivity index (χ3v) is 12.5. The van der Waals surface area contributed by atoms with Gasteiger partial charge in [-0.3, -0.25) is 0 Å². The summed E-state index contributed by atoms with van der Waals surface area (Å²) in [5.74, 6) is -0.458. The van der Waals surface area contributed by atoms with Crippen molar-refractivity contribution in [2.75, 3.05) is 42.6 Å². The van der Waals surface area contributed by atoms with Crippen LogP contribution in [-0.4, -0.2) is 67.7 Å². The van der Waals surface area contributed by atoms with Gasteiger partial charge in [0.2, 0.25) is 0 Å². The molecular formula is C30H46F3N5OSb. The van der Waals surface area contributed by atoms with Crippen molar-refractivity contribution in [3.8, 4) is 0 Å². The molecule has 1 aromatic heterocycles. The minimum absolute atomic E-state index is 0.181. The van der Waals surface area contributed by atoms with Crippen LogP contribution in [-0.2, 0) is 17.5 Å². The van der Waals surface area contributed by atoms with E-state index in [-0.39, 0.29) is 23.9 Å². The molecule has 6 nitrogen and oxygen atoms in total. The van der Waals surface area contributed by atoms with E-state index in [0.29, 0.717) is 32.1 Å². The van der Waals surface area contributed by atoms with E-state index in [1.165, 1.54) is 19.3 Å². The first kappa shape index (κ1) is 31.4. The number of hydrogen-bond acceptors (Lipinski definition) is 6. The van der Waals surface area contributed by atoms with Gasteiger partial charge in [-0.2, -0.15) is 0 Å². The molecule has 223 valence electrons. The topological polar surface area (TPSA) is 67.5 Å². The monoisotopic (exact) mass is 670 g/mol. The third kappa shape index (κ3) is 8.96. The van der Waals surface area contributed by atoms with Crippen molar-refractivity contribution in [3.05, 3.63) is 47.8 Å². The van der Waals surface area contributed by atoms with Gasteiger partial charge in [0.25, 0.3) is 0 Å². The molecule has 2 aromatic rings. The van der Waals surface area contributed by atoms with Crippen molar-refractivity contribution < 1.29 is 17.9 Å². The fraction of sp³-hybridized carbons (Fsp3) is 0.667. The predicted octanol–water partition coefficient (Wildman–Crippen LogP) is 6.73. The van der Waals surface area contributed by atoms with Crippen LogP contribution in [0.1, 0.15) is 56.3 Å². The Morgan fingerprint density at radius 3 is 2.40 bits per heavy atom. The molecule has 1 aliphatic heterocycles. The second kappa shape index (κ2) is 13.6. The number of halogens is 3. The maximum atomic E-state index is 14.2. The van der Waals surface area contributed by atoms with Crippen LogP contribution in [0.5, 0.6) is 0 Å². The molecule has 0 amide bonds. The average Bonchev–Trinajstić information content (AvgIpc) is 2.91. The van der Waals surface area contributed by atoms with Crippen molar-refractivity contribution in [1.82, 2.24) is 9.97 Å². The molecule has 40 heavy (non-hydrogen) atoms. The molecule has 4 rings (SSSR count). The predicted molar refractivity (Wildman–Crippen MR) is 158 cm³/mol. The van der Waals surface area contributed by atoms with Crippen LogP contribution < -0.4 is 15.5 Å². The minimum atomic E-state index is -4.65. The summed E-state index contributed by atoms with van der Waals surface area (Å²) in [5, 5.41) is 0. The van der Waals surface area contributed by atoms with Gasteiger partial charge in [0.1, 0.15) is 0 Å². The van der Waals surface area contributed by atoms with E-state index in [4.69, 9.17) is 10.5 Å². The van der Waals surface area contributed by atoms with E-state index in [0.717, 1.165) is 42.2 Å². The number of anilines is 2. The van der Waals surface area contributed by atoms with Crippen LogP contribution in [0.15, 0.2) is 36.4 Å². The molecule has 1 atom stereocenters. The second-order valence-electron chi connectivity index (χ2n) is 12.6. The molecule has 1 aromatic carbocycles. The number of aromatic nitrogens is 2. The van der Waals surface area contributed by atoms with Crippen LogP contribution in [0.4, 0.5) is 24.8 Å². The number of piperidine rings is 1. The molecule has 2 N–H and O–H groups in total. The molecule has 2 aliphatic rings. The van der Waals surface area contributed by atoms with Crippen LogP contribution in [0.25, 0.3) is 0 Å². The third-order valence-electron chi connectivity index (χ3n) is 8.20. The van der Waals surface area contributed by atoms with E-state index >= 15 is 0 Å². The van der Waals surface area contributed by atoms with Gasteiger partial charge in [-0.1, -0.05) is 19.3 Å². The summed E-state index contributed by atoms with van der Waals surface area (Å²) < 4.78 is 49.7. The van der Waals surface area contributed by atoms with Gasteiger partial charge in [0, 0.05) is 0 Å². The molecule has 2 heterocycles. The van der Waals surface area contributed by atoms with Crippen LogP contribution in [0.2, 0.25) is 19.0 Å². The van der Waals surface area contributed by atoms with Crippen molar-refractivity contribution in [3.63, 3.8) is 0 Å². The summed E-state index contributed by atoms with van der Waals surface area (Å²) >= 11 is -1.93. The molecule has 1 saturated heterocycles. The number of benzene rings is 1. The van der Waals surface area contributed by atoms with Crippen LogP contribution in [0, 0.1) is 5.41 Å². The van der Waals surface area contributed by atoms with Gasteiger partial charge in [-0.05, 0) is 19.3 Å². The Morgan fingerprint density at radius 2 is 1.75 bits per heavy atom. The van der Waals surface area contributed by atoms with Gasteiger partial charge in [0.05, 0.1) is 0 Å². The van der Waals surface area contributed by atoms with E-state index in [9.17, 15) is 13.2 Å². The summed E-state index contributed by atoms with van der Waals surface area (Å²) in [6.45, 7) is 3.11. The summed E-state index contributed by atoms with van der Waals surface area (Å²) in [6.07, 6.45) is 3.06. The Balaban J connectivity index is 1.65. The van der Waals surface area contributed by atoms with Gasteiger partial charge < -0.3 is 0 Å². The Bertz CT molecular complexity index is 1070. The fourth-order valence-corrected chi connectivity index (χ4v) is 7.83. The quantitative estimate of drug-likeness (QED) is 0.267. The first-order valence-electron chi connectivity index (χ1n) is 14.6. The Kier molecular flexibility index (Phi) is 10.7. The molecule has 1 spiro atoms. The van der Waals surface area contributed by atoms with E-state index in [1.807, 2.05) is 35.2 Å². The first-order chi connectivity index (χ1) is 19.0. The zero-order valence-corrected chi connectivity index (χ0v) is 26.8. The standard InChI is InChI=1S/C27H37F3N5O.3CH3.Sb/c1-2-36-22(17-31)19-35(18-21-10-5-3-6-11-21)24-16-23(32-25(33-24)27(28,29)30)34-15-9-14-26(20-34)12-7-4-8-13-26;;;;/h3,5-6,10-11,16,22H,1-2,4,7-9,12-15,17-20,31H2;3*1H3;. The number of hydrogen-bond donors (Lipinski definition) is 1. The van der Waals surface area contributed by atoms with Crippen molar-refractivity contribution in [1.29, 1.82) is 0 Å². The SMILES string of the molecule is [CH3][Sb]([CH3])([CH3])[CH2]COC(CN)CN(Cc1ccccc1)c1cc(N2CCCC3(CCCCC3)C2)nc(C(F)(F)F)n1. The van der Waals surface area contributed by atoms with E-state index in [2.05, 4.69) is 29.5 Å². The van der Waals surface area contributed by atoms with Crippen molar-refractivity contribution in [2.24, 2.45) is 11.1 Å². The van der Waals surface area contributed by atoms with Gasteiger partial charge in [-0.15, -0.1) is 0 Å². The van der Waals surface area contributed by atoms with Crippen LogP contribution in [0.3, 0.4) is 0 Å². The number of alkyl halides is 3. The molecule has 10 heteroatoms. The molecule has 1 saturated carbocycles. The van der Waals surface area contributed by atoms with Crippen LogP contribution >= 0.6 is 0 Å².